The lowest BCUT2D eigenvalue weighted by Gasteiger charge is -2.40. The highest BCUT2D eigenvalue weighted by atomic mass is 16.5. The van der Waals surface area contributed by atoms with Gasteiger partial charge in [0.15, 0.2) is 6.10 Å². The van der Waals surface area contributed by atoms with E-state index in [-0.39, 0.29) is 23.8 Å². The van der Waals surface area contributed by atoms with Gasteiger partial charge in [-0.15, -0.1) is 0 Å². The van der Waals surface area contributed by atoms with Crippen molar-refractivity contribution in [1.82, 2.24) is 15.1 Å². The van der Waals surface area contributed by atoms with Crippen LogP contribution < -0.4 is 10.1 Å². The summed E-state index contributed by atoms with van der Waals surface area (Å²) in [5.74, 6) is 0.205. The first-order valence-corrected chi connectivity index (χ1v) is 10.0. The molecule has 7 nitrogen and oxygen atoms in total. The van der Waals surface area contributed by atoms with Gasteiger partial charge < -0.3 is 19.9 Å². The third-order valence-electron chi connectivity index (χ3n) is 5.22. The Morgan fingerprint density at radius 1 is 1.00 bits per heavy atom. The number of ether oxygens (including phenoxy) is 1. The lowest BCUT2D eigenvalue weighted by Crippen LogP contribution is -2.57. The fourth-order valence-electron chi connectivity index (χ4n) is 3.55. The molecule has 3 rings (SSSR count). The molecule has 2 aromatic rings. The van der Waals surface area contributed by atoms with Crippen LogP contribution in [0.1, 0.15) is 34.6 Å². The molecule has 1 aliphatic rings. The average molecular weight is 409 g/mol. The average Bonchev–Trinajstić information content (AvgIpc) is 2.78. The minimum Gasteiger partial charge on any atom is -0.481 e. The first-order valence-electron chi connectivity index (χ1n) is 10.0. The van der Waals surface area contributed by atoms with Crippen LogP contribution in [-0.2, 0) is 4.79 Å². The van der Waals surface area contributed by atoms with Crippen molar-refractivity contribution >= 4 is 17.7 Å². The van der Waals surface area contributed by atoms with Crippen molar-refractivity contribution in [1.29, 1.82) is 0 Å². The molecule has 0 aromatic heterocycles. The minimum atomic E-state index is -0.672. The van der Waals surface area contributed by atoms with Crippen molar-refractivity contribution in [2.24, 2.45) is 0 Å². The second-order valence-electron chi connectivity index (χ2n) is 7.36. The molecule has 0 spiro atoms. The molecule has 7 heteroatoms. The molecule has 2 atom stereocenters. The normalized spacial score (nSPS) is 17.2. The summed E-state index contributed by atoms with van der Waals surface area (Å²) in [6, 6.07) is 15.7. The maximum absolute atomic E-state index is 12.9. The van der Waals surface area contributed by atoms with Crippen LogP contribution in [0.2, 0.25) is 0 Å². The Bertz CT molecular complexity index is 898. The van der Waals surface area contributed by atoms with E-state index in [1.807, 2.05) is 25.1 Å². The molecule has 1 fully saturated rings. The fraction of sp³-hybridized carbons (Fsp3) is 0.348. The van der Waals surface area contributed by atoms with Gasteiger partial charge in [-0.25, -0.2) is 0 Å². The zero-order valence-electron chi connectivity index (χ0n) is 17.5. The van der Waals surface area contributed by atoms with Gasteiger partial charge in [0.2, 0.25) is 0 Å². The van der Waals surface area contributed by atoms with Gasteiger partial charge in [0.05, 0.1) is 0 Å². The number of piperazine rings is 1. The molecule has 2 aromatic carbocycles. The highest BCUT2D eigenvalue weighted by molar-refractivity contribution is 5.95. The van der Waals surface area contributed by atoms with Crippen molar-refractivity contribution in [3.05, 3.63) is 65.7 Å². The number of amides is 3. The number of nitrogens with zero attached hydrogens (tertiary/aromatic N) is 2. The Morgan fingerprint density at radius 2 is 1.67 bits per heavy atom. The number of carbonyl (C=O) groups is 3. The van der Waals surface area contributed by atoms with E-state index in [1.54, 1.807) is 60.2 Å². The molecule has 1 saturated heterocycles. The number of rotatable bonds is 5. The van der Waals surface area contributed by atoms with Crippen LogP contribution in [0.5, 0.6) is 5.75 Å². The van der Waals surface area contributed by atoms with E-state index in [2.05, 4.69) is 5.32 Å². The molecule has 1 heterocycles. The number of carbonyl (C=O) groups excluding carboxylic acids is 3. The Labute approximate surface area is 176 Å². The monoisotopic (exact) mass is 409 g/mol. The topological polar surface area (TPSA) is 79.0 Å². The SMILES string of the molecule is CNC(=O)c1ccc(O[C@H](C)C(=O)N2CCN(C(=O)c3ccccc3)C[C@H]2C)cc1. The van der Waals surface area contributed by atoms with Crippen LogP contribution in [0.4, 0.5) is 0 Å². The Kier molecular flexibility index (Phi) is 6.72. The maximum Gasteiger partial charge on any atom is 0.263 e. The summed E-state index contributed by atoms with van der Waals surface area (Å²) in [5.41, 5.74) is 1.18. The predicted octanol–water partition coefficient (Wildman–Crippen LogP) is 2.19. The van der Waals surface area contributed by atoms with E-state index < -0.39 is 6.10 Å². The van der Waals surface area contributed by atoms with Crippen molar-refractivity contribution in [3.63, 3.8) is 0 Å². The van der Waals surface area contributed by atoms with Gasteiger partial charge >= 0.3 is 0 Å². The molecule has 0 radical (unpaired) electrons. The summed E-state index contributed by atoms with van der Waals surface area (Å²) >= 11 is 0. The Morgan fingerprint density at radius 3 is 2.27 bits per heavy atom. The third kappa shape index (κ3) is 4.79. The molecule has 0 bridgehead atoms. The zero-order valence-corrected chi connectivity index (χ0v) is 17.5. The number of benzene rings is 2. The summed E-state index contributed by atoms with van der Waals surface area (Å²) in [6.07, 6.45) is -0.672. The highest BCUT2D eigenvalue weighted by Gasteiger charge is 2.32. The van der Waals surface area contributed by atoms with Crippen molar-refractivity contribution < 1.29 is 19.1 Å². The molecule has 1 N–H and O–H groups in total. The molecule has 0 aliphatic carbocycles. The number of hydrogen-bond acceptors (Lipinski definition) is 4. The van der Waals surface area contributed by atoms with E-state index >= 15 is 0 Å². The zero-order chi connectivity index (χ0) is 21.7. The second-order valence-corrected chi connectivity index (χ2v) is 7.36. The van der Waals surface area contributed by atoms with E-state index in [0.29, 0.717) is 36.5 Å². The molecule has 1 aliphatic heterocycles. The van der Waals surface area contributed by atoms with Gasteiger partial charge in [-0.05, 0) is 50.2 Å². The van der Waals surface area contributed by atoms with Gasteiger partial charge in [-0.3, -0.25) is 14.4 Å². The van der Waals surface area contributed by atoms with Crippen LogP contribution in [0.25, 0.3) is 0 Å². The Hall–Kier alpha value is -3.35. The molecular weight excluding hydrogens is 382 g/mol. The van der Waals surface area contributed by atoms with Crippen LogP contribution in [0.3, 0.4) is 0 Å². The van der Waals surface area contributed by atoms with Crippen LogP contribution in [-0.4, -0.2) is 66.3 Å². The van der Waals surface area contributed by atoms with Gasteiger partial charge in [0, 0.05) is 43.9 Å². The highest BCUT2D eigenvalue weighted by Crippen LogP contribution is 2.18. The van der Waals surface area contributed by atoms with Crippen LogP contribution in [0, 0.1) is 0 Å². The predicted molar refractivity (Wildman–Crippen MR) is 113 cm³/mol. The van der Waals surface area contributed by atoms with Crippen molar-refractivity contribution in [2.75, 3.05) is 26.7 Å². The molecule has 158 valence electrons. The van der Waals surface area contributed by atoms with Gasteiger partial charge in [0.25, 0.3) is 17.7 Å². The molecular formula is C23H27N3O4. The van der Waals surface area contributed by atoms with E-state index in [4.69, 9.17) is 4.74 Å². The van der Waals surface area contributed by atoms with E-state index in [9.17, 15) is 14.4 Å². The van der Waals surface area contributed by atoms with Crippen molar-refractivity contribution in [3.8, 4) is 5.75 Å². The quantitative estimate of drug-likeness (QED) is 0.821. The van der Waals surface area contributed by atoms with Gasteiger partial charge in [-0.2, -0.15) is 0 Å². The van der Waals surface area contributed by atoms with Crippen LogP contribution in [0.15, 0.2) is 54.6 Å². The summed E-state index contributed by atoms with van der Waals surface area (Å²) in [7, 11) is 1.57. The standard InChI is InChI=1S/C23H27N3O4/c1-16-15-25(23(29)19-7-5-4-6-8-19)13-14-26(16)22(28)17(2)30-20-11-9-18(10-12-20)21(27)24-3/h4-12,16-17H,13-15H2,1-3H3,(H,24,27)/t16-,17-/m1/s1. The summed E-state index contributed by atoms with van der Waals surface area (Å²) < 4.78 is 5.79. The van der Waals surface area contributed by atoms with Gasteiger partial charge in [0.1, 0.15) is 5.75 Å². The third-order valence-corrected chi connectivity index (χ3v) is 5.22. The van der Waals surface area contributed by atoms with E-state index in [1.165, 1.54) is 0 Å². The molecule has 3 amide bonds. The Balaban J connectivity index is 1.58. The molecule has 30 heavy (non-hydrogen) atoms. The number of hydrogen-bond donors (Lipinski definition) is 1. The number of nitrogens with one attached hydrogen (secondary N) is 1. The largest absolute Gasteiger partial charge is 0.481 e. The molecule has 0 saturated carbocycles. The second kappa shape index (κ2) is 9.43. The summed E-state index contributed by atoms with van der Waals surface area (Å²) in [6.45, 7) is 5.07. The minimum absolute atomic E-state index is 0.0185. The first-order chi connectivity index (χ1) is 14.4. The summed E-state index contributed by atoms with van der Waals surface area (Å²) in [5, 5.41) is 2.56. The molecule has 0 unspecified atom stereocenters. The van der Waals surface area contributed by atoms with Gasteiger partial charge in [-0.1, -0.05) is 18.2 Å². The lowest BCUT2D eigenvalue weighted by atomic mass is 10.1. The lowest BCUT2D eigenvalue weighted by molar-refractivity contribution is -0.142. The van der Waals surface area contributed by atoms with Crippen molar-refractivity contribution in [2.45, 2.75) is 26.0 Å². The smallest absolute Gasteiger partial charge is 0.263 e. The maximum atomic E-state index is 12.9. The first kappa shape index (κ1) is 21.4. The van der Waals surface area contributed by atoms with E-state index in [0.717, 1.165) is 0 Å². The fourth-order valence-corrected chi connectivity index (χ4v) is 3.55. The van der Waals surface area contributed by atoms with Crippen LogP contribution >= 0.6 is 0 Å². The summed E-state index contributed by atoms with van der Waals surface area (Å²) in [4.78, 5) is 40.7.